The van der Waals surface area contributed by atoms with Crippen LogP contribution in [-0.2, 0) is 6.42 Å². The standard InChI is InChI=1S/C16H24N2S/c1-10-5-4-6-13-14(10)15(16(17-3)19-13)11(2)18-9-12-7-8-12/h10,12,17-18H,2,4-9H2,1,3H3. The highest BCUT2D eigenvalue weighted by Gasteiger charge is 2.27. The molecule has 2 N–H and O–H groups in total. The number of hydrogen-bond donors (Lipinski definition) is 2. The largest absolute Gasteiger partial charge is 0.385 e. The summed E-state index contributed by atoms with van der Waals surface area (Å²) in [6.07, 6.45) is 6.67. The molecule has 1 heterocycles. The Morgan fingerprint density at radius 2 is 2.16 bits per heavy atom. The number of anilines is 1. The molecule has 0 spiro atoms. The van der Waals surface area contributed by atoms with Gasteiger partial charge in [-0.2, -0.15) is 0 Å². The van der Waals surface area contributed by atoms with Gasteiger partial charge in [0.25, 0.3) is 0 Å². The van der Waals surface area contributed by atoms with Crippen LogP contribution >= 0.6 is 11.3 Å². The summed E-state index contributed by atoms with van der Waals surface area (Å²) < 4.78 is 0. The third-order valence-corrected chi connectivity index (χ3v) is 5.67. The zero-order valence-electron chi connectivity index (χ0n) is 12.0. The normalized spacial score (nSPS) is 21.9. The molecule has 1 unspecified atom stereocenters. The second-order valence-electron chi connectivity index (χ2n) is 5.99. The molecule has 0 aliphatic heterocycles. The van der Waals surface area contributed by atoms with E-state index in [1.807, 2.05) is 18.4 Å². The highest BCUT2D eigenvalue weighted by molar-refractivity contribution is 7.16. The quantitative estimate of drug-likeness (QED) is 0.842. The van der Waals surface area contributed by atoms with Gasteiger partial charge in [-0.05, 0) is 49.5 Å². The fraction of sp³-hybridized carbons (Fsp3) is 0.625. The summed E-state index contributed by atoms with van der Waals surface area (Å²) in [5.41, 5.74) is 4.06. The fourth-order valence-electron chi connectivity index (χ4n) is 3.06. The van der Waals surface area contributed by atoms with Crippen molar-refractivity contribution in [2.75, 3.05) is 18.9 Å². The molecule has 2 nitrogen and oxygen atoms in total. The van der Waals surface area contributed by atoms with E-state index in [1.165, 1.54) is 42.7 Å². The fourth-order valence-corrected chi connectivity index (χ4v) is 4.41. The molecule has 0 amide bonds. The molecule has 0 bridgehead atoms. The van der Waals surface area contributed by atoms with Gasteiger partial charge < -0.3 is 10.6 Å². The van der Waals surface area contributed by atoms with Crippen molar-refractivity contribution in [1.29, 1.82) is 0 Å². The minimum Gasteiger partial charge on any atom is -0.385 e. The van der Waals surface area contributed by atoms with Crippen molar-refractivity contribution in [3.63, 3.8) is 0 Å². The smallest absolute Gasteiger partial charge is 0.0980 e. The van der Waals surface area contributed by atoms with E-state index in [9.17, 15) is 0 Å². The maximum absolute atomic E-state index is 4.30. The van der Waals surface area contributed by atoms with E-state index in [0.717, 1.165) is 18.2 Å². The number of nitrogens with one attached hydrogen (secondary N) is 2. The highest BCUT2D eigenvalue weighted by atomic mass is 32.1. The molecule has 1 aromatic heterocycles. The molecule has 1 saturated carbocycles. The van der Waals surface area contributed by atoms with Crippen molar-refractivity contribution < 1.29 is 0 Å². The number of fused-ring (bicyclic) bond motifs is 1. The van der Waals surface area contributed by atoms with Crippen molar-refractivity contribution >= 4 is 22.0 Å². The van der Waals surface area contributed by atoms with Crippen LogP contribution in [0.2, 0.25) is 0 Å². The van der Waals surface area contributed by atoms with Crippen molar-refractivity contribution in [3.05, 3.63) is 22.6 Å². The topological polar surface area (TPSA) is 24.1 Å². The first-order valence-corrected chi connectivity index (χ1v) is 8.28. The molecule has 19 heavy (non-hydrogen) atoms. The molecule has 2 aliphatic carbocycles. The van der Waals surface area contributed by atoms with E-state index >= 15 is 0 Å². The molecule has 1 aromatic rings. The lowest BCUT2D eigenvalue weighted by atomic mass is 9.86. The number of thiophene rings is 1. The summed E-state index contributed by atoms with van der Waals surface area (Å²) >= 11 is 1.93. The molecule has 104 valence electrons. The average molecular weight is 276 g/mol. The van der Waals surface area contributed by atoms with Crippen molar-refractivity contribution in [3.8, 4) is 0 Å². The van der Waals surface area contributed by atoms with E-state index in [0.29, 0.717) is 5.92 Å². The van der Waals surface area contributed by atoms with Gasteiger partial charge in [-0.15, -0.1) is 11.3 Å². The first-order chi connectivity index (χ1) is 9.20. The van der Waals surface area contributed by atoms with Crippen LogP contribution in [0.15, 0.2) is 6.58 Å². The van der Waals surface area contributed by atoms with Crippen LogP contribution in [0.25, 0.3) is 5.70 Å². The molecule has 0 radical (unpaired) electrons. The lowest BCUT2D eigenvalue weighted by Crippen LogP contribution is -2.17. The lowest BCUT2D eigenvalue weighted by molar-refractivity contribution is 0.596. The van der Waals surface area contributed by atoms with E-state index in [1.54, 1.807) is 10.4 Å². The SMILES string of the molecule is C=C(NCC1CC1)c1c(NC)sc2c1C(C)CCC2. The van der Waals surface area contributed by atoms with Gasteiger partial charge in [-0.1, -0.05) is 13.5 Å². The first kappa shape index (κ1) is 13.0. The maximum atomic E-state index is 4.30. The zero-order chi connectivity index (χ0) is 13.4. The Labute approximate surface area is 120 Å². The van der Waals surface area contributed by atoms with Crippen molar-refractivity contribution in [2.45, 2.75) is 44.9 Å². The summed E-state index contributed by atoms with van der Waals surface area (Å²) in [7, 11) is 2.03. The Kier molecular flexibility index (Phi) is 3.57. The average Bonchev–Trinajstić information content (AvgIpc) is 3.15. The Hall–Kier alpha value is -0.960. The van der Waals surface area contributed by atoms with Gasteiger partial charge in [0.05, 0.1) is 5.00 Å². The third-order valence-electron chi connectivity index (χ3n) is 4.39. The second kappa shape index (κ2) is 5.20. The van der Waals surface area contributed by atoms with Crippen LogP contribution in [0.5, 0.6) is 0 Å². The van der Waals surface area contributed by atoms with Crippen molar-refractivity contribution in [1.82, 2.24) is 5.32 Å². The molecule has 3 heteroatoms. The second-order valence-corrected chi connectivity index (χ2v) is 7.09. The van der Waals surface area contributed by atoms with Gasteiger partial charge >= 0.3 is 0 Å². The molecule has 3 rings (SSSR count). The summed E-state index contributed by atoms with van der Waals surface area (Å²) in [5, 5.41) is 8.24. The predicted molar refractivity (Wildman–Crippen MR) is 85.0 cm³/mol. The lowest BCUT2D eigenvalue weighted by Gasteiger charge is -2.21. The van der Waals surface area contributed by atoms with Gasteiger partial charge in [-0.3, -0.25) is 0 Å². The molecule has 2 aliphatic rings. The minimum absolute atomic E-state index is 0.677. The van der Waals surface area contributed by atoms with E-state index in [2.05, 4.69) is 24.1 Å². The van der Waals surface area contributed by atoms with E-state index in [-0.39, 0.29) is 0 Å². The Bertz CT molecular complexity index is 485. The van der Waals surface area contributed by atoms with Crippen LogP contribution < -0.4 is 10.6 Å². The molecule has 1 atom stereocenters. The highest BCUT2D eigenvalue weighted by Crippen LogP contribution is 2.45. The molecular formula is C16H24N2S. The van der Waals surface area contributed by atoms with E-state index in [4.69, 9.17) is 0 Å². The predicted octanol–water partition coefficient (Wildman–Crippen LogP) is 4.20. The molecule has 1 fully saturated rings. The summed E-state index contributed by atoms with van der Waals surface area (Å²) in [5.74, 6) is 1.57. The Morgan fingerprint density at radius 1 is 1.37 bits per heavy atom. The van der Waals surface area contributed by atoms with Crippen molar-refractivity contribution in [2.24, 2.45) is 5.92 Å². The number of hydrogen-bond acceptors (Lipinski definition) is 3. The molecule has 0 saturated heterocycles. The monoisotopic (exact) mass is 276 g/mol. The Balaban J connectivity index is 1.88. The maximum Gasteiger partial charge on any atom is 0.0980 e. The van der Waals surface area contributed by atoms with Crippen LogP contribution in [0.1, 0.15) is 54.5 Å². The molecular weight excluding hydrogens is 252 g/mol. The van der Waals surface area contributed by atoms with Crippen LogP contribution in [0.3, 0.4) is 0 Å². The van der Waals surface area contributed by atoms with E-state index < -0.39 is 0 Å². The minimum atomic E-state index is 0.677. The van der Waals surface area contributed by atoms with Gasteiger partial charge in [-0.25, -0.2) is 0 Å². The molecule has 0 aromatic carbocycles. The summed E-state index contributed by atoms with van der Waals surface area (Å²) in [6, 6.07) is 0. The van der Waals surface area contributed by atoms with Gasteiger partial charge in [0.1, 0.15) is 0 Å². The van der Waals surface area contributed by atoms with Crippen LogP contribution in [-0.4, -0.2) is 13.6 Å². The van der Waals surface area contributed by atoms with Gasteiger partial charge in [0, 0.05) is 29.7 Å². The first-order valence-electron chi connectivity index (χ1n) is 7.47. The number of rotatable bonds is 5. The third kappa shape index (κ3) is 2.53. The van der Waals surface area contributed by atoms with Gasteiger partial charge in [0.2, 0.25) is 0 Å². The summed E-state index contributed by atoms with van der Waals surface area (Å²) in [4.78, 5) is 1.58. The Morgan fingerprint density at radius 3 is 2.84 bits per heavy atom. The zero-order valence-corrected chi connectivity index (χ0v) is 12.8. The van der Waals surface area contributed by atoms with Crippen LogP contribution in [0.4, 0.5) is 5.00 Å². The van der Waals surface area contributed by atoms with Crippen LogP contribution in [0, 0.1) is 5.92 Å². The number of aryl methyl sites for hydroxylation is 1. The summed E-state index contributed by atoms with van der Waals surface area (Å²) in [6.45, 7) is 7.76. The van der Waals surface area contributed by atoms with Gasteiger partial charge in [0.15, 0.2) is 0 Å².